The smallest absolute Gasteiger partial charge is 0.267 e. The molecule has 7 nitrogen and oxygen atoms in total. The minimum Gasteiger partial charge on any atom is -0.354 e. The van der Waals surface area contributed by atoms with E-state index < -0.39 is 10.0 Å². The van der Waals surface area contributed by atoms with Crippen molar-refractivity contribution < 1.29 is 13.2 Å². The van der Waals surface area contributed by atoms with Gasteiger partial charge in [-0.05, 0) is 31.7 Å². The monoisotopic (exact) mass is 364 g/mol. The van der Waals surface area contributed by atoms with Gasteiger partial charge < -0.3 is 15.6 Å². The third kappa shape index (κ3) is 4.06. The molecule has 0 saturated carbocycles. The predicted molar refractivity (Wildman–Crippen MR) is 91.2 cm³/mol. The fraction of sp³-hybridized carbons (Fsp3) is 0.643. The Balaban J connectivity index is 0.00000264. The quantitative estimate of drug-likeness (QED) is 0.815. The van der Waals surface area contributed by atoms with Gasteiger partial charge in [-0.1, -0.05) is 0 Å². The van der Waals surface area contributed by atoms with E-state index >= 15 is 0 Å². The lowest BCUT2D eigenvalue weighted by Crippen LogP contribution is -2.44. The number of nitrogens with two attached hydrogens (primary N) is 1. The van der Waals surface area contributed by atoms with Crippen molar-refractivity contribution in [3.8, 4) is 0 Å². The molecule has 2 heterocycles. The highest BCUT2D eigenvalue weighted by molar-refractivity contribution is 7.89. The van der Waals surface area contributed by atoms with E-state index in [1.165, 1.54) is 28.2 Å². The maximum atomic E-state index is 12.8. The third-order valence-electron chi connectivity index (χ3n) is 4.24. The fourth-order valence-corrected chi connectivity index (χ4v) is 4.41. The number of aryl methyl sites for hydroxylation is 1. The van der Waals surface area contributed by atoms with Gasteiger partial charge in [0.05, 0.1) is 0 Å². The molecule has 0 aliphatic carbocycles. The summed E-state index contributed by atoms with van der Waals surface area (Å²) in [6.07, 6.45) is 3.23. The van der Waals surface area contributed by atoms with Crippen LogP contribution in [0.2, 0.25) is 0 Å². The van der Waals surface area contributed by atoms with E-state index in [0.29, 0.717) is 18.8 Å². The summed E-state index contributed by atoms with van der Waals surface area (Å²) in [5.41, 5.74) is 6.24. The van der Waals surface area contributed by atoms with Crippen molar-refractivity contribution in [1.29, 1.82) is 0 Å². The first-order chi connectivity index (χ1) is 10.3. The van der Waals surface area contributed by atoms with Crippen LogP contribution in [-0.2, 0) is 17.1 Å². The highest BCUT2D eigenvalue weighted by atomic mass is 35.5. The van der Waals surface area contributed by atoms with Crippen LogP contribution in [0.5, 0.6) is 0 Å². The van der Waals surface area contributed by atoms with Gasteiger partial charge in [0.1, 0.15) is 10.6 Å². The summed E-state index contributed by atoms with van der Waals surface area (Å²) in [5.74, 6) is -0.137. The molecule has 1 aromatic heterocycles. The Morgan fingerprint density at radius 1 is 1.48 bits per heavy atom. The van der Waals surface area contributed by atoms with Gasteiger partial charge >= 0.3 is 0 Å². The molecular formula is C14H25ClN4O3S. The van der Waals surface area contributed by atoms with Crippen molar-refractivity contribution in [2.24, 2.45) is 18.7 Å². The topological polar surface area (TPSA) is 97.4 Å². The summed E-state index contributed by atoms with van der Waals surface area (Å²) < 4.78 is 28.6. The van der Waals surface area contributed by atoms with E-state index in [2.05, 4.69) is 5.32 Å². The van der Waals surface area contributed by atoms with Gasteiger partial charge in [-0.15, -0.1) is 12.4 Å². The normalized spacial score (nSPS) is 20.6. The molecule has 23 heavy (non-hydrogen) atoms. The van der Waals surface area contributed by atoms with Crippen LogP contribution in [0.4, 0.5) is 0 Å². The molecule has 1 fully saturated rings. The van der Waals surface area contributed by atoms with Crippen molar-refractivity contribution >= 4 is 28.3 Å². The van der Waals surface area contributed by atoms with Crippen LogP contribution in [0, 0.1) is 5.92 Å². The zero-order valence-corrected chi connectivity index (χ0v) is 15.3. The van der Waals surface area contributed by atoms with Gasteiger partial charge in [0.25, 0.3) is 5.91 Å². The molecular weight excluding hydrogens is 340 g/mol. The van der Waals surface area contributed by atoms with Gasteiger partial charge in [-0.2, -0.15) is 4.31 Å². The largest absolute Gasteiger partial charge is 0.354 e. The lowest BCUT2D eigenvalue weighted by molar-refractivity contribution is 0.0955. The number of aromatic nitrogens is 1. The number of halogens is 1. The Morgan fingerprint density at radius 2 is 2.13 bits per heavy atom. The molecule has 132 valence electrons. The van der Waals surface area contributed by atoms with Crippen molar-refractivity contribution in [2.75, 3.05) is 20.1 Å². The molecule has 0 spiro atoms. The molecule has 1 aromatic rings. The second kappa shape index (κ2) is 7.65. The summed E-state index contributed by atoms with van der Waals surface area (Å²) in [6.45, 7) is 2.84. The molecule has 3 N–H and O–H groups in total. The average Bonchev–Trinajstić information content (AvgIpc) is 2.89. The minimum atomic E-state index is -3.59. The second-order valence-electron chi connectivity index (χ2n) is 5.88. The van der Waals surface area contributed by atoms with Crippen LogP contribution in [0.1, 0.15) is 30.3 Å². The van der Waals surface area contributed by atoms with Crippen LogP contribution in [0.15, 0.2) is 17.2 Å². The summed E-state index contributed by atoms with van der Waals surface area (Å²) in [6, 6.07) is 1.39. The summed E-state index contributed by atoms with van der Waals surface area (Å²) in [5, 5.41) is 2.50. The Kier molecular flexibility index (Phi) is 6.64. The number of carbonyl (C=O) groups is 1. The Labute approximate surface area is 143 Å². The first-order valence-corrected chi connectivity index (χ1v) is 8.85. The zero-order chi connectivity index (χ0) is 16.5. The van der Waals surface area contributed by atoms with E-state index in [9.17, 15) is 13.2 Å². The van der Waals surface area contributed by atoms with Crippen LogP contribution in [0.3, 0.4) is 0 Å². The first-order valence-electron chi connectivity index (χ1n) is 7.41. The van der Waals surface area contributed by atoms with Crippen LogP contribution in [0.25, 0.3) is 0 Å². The van der Waals surface area contributed by atoms with Crippen molar-refractivity contribution in [2.45, 2.75) is 30.7 Å². The number of piperidine rings is 1. The van der Waals surface area contributed by atoms with Crippen molar-refractivity contribution in [3.63, 3.8) is 0 Å². The average molecular weight is 365 g/mol. The molecule has 0 bridgehead atoms. The maximum absolute atomic E-state index is 12.8. The van der Waals surface area contributed by atoms with E-state index in [4.69, 9.17) is 5.73 Å². The Hall–Kier alpha value is -1.09. The molecule has 2 rings (SSSR count). The van der Waals surface area contributed by atoms with Crippen molar-refractivity contribution in [3.05, 3.63) is 18.0 Å². The van der Waals surface area contributed by atoms with Gasteiger partial charge in [-0.3, -0.25) is 4.79 Å². The van der Waals surface area contributed by atoms with Crippen molar-refractivity contribution in [1.82, 2.24) is 14.2 Å². The number of amides is 1. The Morgan fingerprint density at radius 3 is 2.70 bits per heavy atom. The van der Waals surface area contributed by atoms with Gasteiger partial charge in [0.2, 0.25) is 10.0 Å². The summed E-state index contributed by atoms with van der Waals surface area (Å²) in [7, 11) is -0.422. The van der Waals surface area contributed by atoms with E-state index in [1.54, 1.807) is 7.05 Å². The number of nitrogens with one attached hydrogen (secondary N) is 1. The lowest BCUT2D eigenvalue weighted by Gasteiger charge is -2.33. The zero-order valence-electron chi connectivity index (χ0n) is 13.7. The standard InChI is InChI=1S/C14H24N4O3S.ClH/c1-10(15)11-5-4-6-18(8-11)22(20,21)12-7-13(14(19)16-2)17(3)9-12;/h7,9-11H,4-6,8,15H2,1-3H3,(H,16,19);1H. The third-order valence-corrected chi connectivity index (χ3v) is 6.07. The van der Waals surface area contributed by atoms with Crippen LogP contribution >= 0.6 is 12.4 Å². The summed E-state index contributed by atoms with van der Waals surface area (Å²) >= 11 is 0. The van der Waals surface area contributed by atoms with E-state index in [0.717, 1.165) is 12.8 Å². The lowest BCUT2D eigenvalue weighted by atomic mass is 9.93. The Bertz CT molecular complexity index is 657. The number of nitrogens with zero attached hydrogens (tertiary/aromatic N) is 2. The fourth-order valence-electron chi connectivity index (χ4n) is 2.80. The number of hydrogen-bond donors (Lipinski definition) is 2. The molecule has 1 amide bonds. The number of carbonyl (C=O) groups excluding carboxylic acids is 1. The number of hydrogen-bond acceptors (Lipinski definition) is 4. The van der Waals surface area contributed by atoms with E-state index in [1.807, 2.05) is 6.92 Å². The first kappa shape index (κ1) is 20.0. The molecule has 1 saturated heterocycles. The predicted octanol–water partition coefficient (Wildman–Crippen LogP) is 0.554. The molecule has 1 aliphatic rings. The molecule has 0 aromatic carbocycles. The SMILES string of the molecule is CNC(=O)c1cc(S(=O)(=O)N2CCCC(C(C)N)C2)cn1C.Cl. The molecule has 1 aliphatic heterocycles. The highest BCUT2D eigenvalue weighted by Crippen LogP contribution is 2.26. The number of rotatable bonds is 4. The molecule has 9 heteroatoms. The van der Waals surface area contributed by atoms with Crippen LogP contribution < -0.4 is 11.1 Å². The maximum Gasteiger partial charge on any atom is 0.267 e. The van der Waals surface area contributed by atoms with E-state index in [-0.39, 0.29) is 35.2 Å². The molecule has 0 radical (unpaired) electrons. The van der Waals surface area contributed by atoms with Crippen LogP contribution in [-0.4, -0.2) is 49.4 Å². The van der Waals surface area contributed by atoms with Gasteiger partial charge in [0, 0.05) is 39.4 Å². The molecule has 2 atom stereocenters. The van der Waals surface area contributed by atoms with Gasteiger partial charge in [0.15, 0.2) is 0 Å². The van der Waals surface area contributed by atoms with Gasteiger partial charge in [-0.25, -0.2) is 8.42 Å². The second-order valence-corrected chi connectivity index (χ2v) is 7.81. The minimum absolute atomic E-state index is 0. The highest BCUT2D eigenvalue weighted by Gasteiger charge is 2.32. The molecule has 2 unspecified atom stereocenters. The number of sulfonamides is 1. The summed E-state index contributed by atoms with van der Waals surface area (Å²) in [4.78, 5) is 11.9.